The van der Waals surface area contributed by atoms with Crippen LogP contribution in [-0.2, 0) is 0 Å². The Kier molecular flexibility index (Phi) is 2.59. The van der Waals surface area contributed by atoms with Crippen LogP contribution >= 0.6 is 27.5 Å². The first-order chi connectivity index (χ1) is 5.54. The monoisotopic (exact) mass is 249 g/mol. The first-order valence-corrected chi connectivity index (χ1v) is 4.18. The Labute approximate surface area is 82.3 Å². The Morgan fingerprint density at radius 1 is 1.58 bits per heavy atom. The van der Waals surface area contributed by atoms with Crippen molar-refractivity contribution in [2.75, 3.05) is 5.73 Å². The van der Waals surface area contributed by atoms with E-state index in [1.54, 1.807) is 0 Å². The van der Waals surface area contributed by atoms with E-state index in [9.17, 15) is 4.79 Å². The first-order valence-electron chi connectivity index (χ1n) is 3.01. The zero-order chi connectivity index (χ0) is 9.30. The molecule has 0 atom stereocenters. The van der Waals surface area contributed by atoms with Crippen molar-refractivity contribution < 1.29 is 9.90 Å². The number of hydrogen-bond acceptors (Lipinski definition) is 2. The molecule has 1 aromatic carbocycles. The van der Waals surface area contributed by atoms with Gasteiger partial charge in [-0.05, 0) is 28.1 Å². The molecule has 0 aliphatic carbocycles. The summed E-state index contributed by atoms with van der Waals surface area (Å²) in [5.41, 5.74) is 5.90. The zero-order valence-electron chi connectivity index (χ0n) is 5.84. The molecular weight excluding hydrogens is 245 g/mol. The summed E-state index contributed by atoms with van der Waals surface area (Å²) < 4.78 is 0.316. The molecule has 0 aliphatic heterocycles. The lowest BCUT2D eigenvalue weighted by molar-refractivity contribution is 0.0696. The summed E-state index contributed by atoms with van der Waals surface area (Å²) in [6.07, 6.45) is 0. The lowest BCUT2D eigenvalue weighted by Gasteiger charge is -2.03. The summed E-state index contributed by atoms with van der Waals surface area (Å²) in [4.78, 5) is 10.6. The molecule has 5 heteroatoms. The number of carboxylic acids is 1. The van der Waals surface area contributed by atoms with Crippen LogP contribution < -0.4 is 5.73 Å². The van der Waals surface area contributed by atoms with Gasteiger partial charge < -0.3 is 10.8 Å². The highest BCUT2D eigenvalue weighted by Crippen LogP contribution is 2.31. The Morgan fingerprint density at radius 2 is 2.17 bits per heavy atom. The topological polar surface area (TPSA) is 63.3 Å². The highest BCUT2D eigenvalue weighted by Gasteiger charge is 2.12. The molecule has 0 bridgehead atoms. The van der Waals surface area contributed by atoms with Gasteiger partial charge in [0.25, 0.3) is 0 Å². The van der Waals surface area contributed by atoms with Gasteiger partial charge in [-0.1, -0.05) is 11.6 Å². The summed E-state index contributed by atoms with van der Waals surface area (Å²) in [6.45, 7) is 0. The van der Waals surface area contributed by atoms with E-state index in [0.717, 1.165) is 0 Å². The second kappa shape index (κ2) is 3.33. The summed E-state index contributed by atoms with van der Waals surface area (Å²) in [5.74, 6) is -1.04. The van der Waals surface area contributed by atoms with Crippen LogP contribution in [-0.4, -0.2) is 11.1 Å². The second-order valence-corrected chi connectivity index (χ2v) is 3.31. The van der Waals surface area contributed by atoms with E-state index in [-0.39, 0.29) is 10.6 Å². The smallest absolute Gasteiger partial charge is 0.336 e. The molecule has 12 heavy (non-hydrogen) atoms. The van der Waals surface area contributed by atoms with Gasteiger partial charge in [0.1, 0.15) is 0 Å². The van der Waals surface area contributed by atoms with Crippen LogP contribution in [0.4, 0.5) is 5.69 Å². The fraction of sp³-hybridized carbons (Fsp3) is 0. The van der Waals surface area contributed by atoms with E-state index in [4.69, 9.17) is 22.4 Å². The molecule has 0 fully saturated rings. The van der Waals surface area contributed by atoms with Gasteiger partial charge in [0.15, 0.2) is 0 Å². The molecule has 1 aromatic rings. The van der Waals surface area contributed by atoms with Crippen LogP contribution in [0, 0.1) is 0 Å². The van der Waals surface area contributed by atoms with Gasteiger partial charge in [-0.15, -0.1) is 0 Å². The summed E-state index contributed by atoms with van der Waals surface area (Å²) >= 11 is 8.73. The summed E-state index contributed by atoms with van der Waals surface area (Å²) in [6, 6.07) is 2.85. The predicted octanol–water partition coefficient (Wildman–Crippen LogP) is 2.38. The van der Waals surface area contributed by atoms with Crippen molar-refractivity contribution in [3.63, 3.8) is 0 Å². The Morgan fingerprint density at radius 3 is 2.67 bits per heavy atom. The van der Waals surface area contributed by atoms with Gasteiger partial charge in [0.05, 0.1) is 20.7 Å². The minimum absolute atomic E-state index is 0.106. The maximum absolute atomic E-state index is 10.6. The summed E-state index contributed by atoms with van der Waals surface area (Å²) in [5, 5.41) is 8.88. The third-order valence-corrected chi connectivity index (χ3v) is 2.80. The van der Waals surface area contributed by atoms with Gasteiger partial charge in [0.2, 0.25) is 0 Å². The highest BCUT2D eigenvalue weighted by atomic mass is 79.9. The van der Waals surface area contributed by atoms with E-state index >= 15 is 0 Å². The van der Waals surface area contributed by atoms with E-state index in [1.807, 2.05) is 0 Å². The van der Waals surface area contributed by atoms with Gasteiger partial charge in [-0.25, -0.2) is 4.79 Å². The zero-order valence-corrected chi connectivity index (χ0v) is 8.19. The number of hydrogen-bond donors (Lipinski definition) is 2. The second-order valence-electron chi connectivity index (χ2n) is 2.14. The predicted molar refractivity (Wildman–Crippen MR) is 50.5 cm³/mol. The first kappa shape index (κ1) is 9.35. The molecule has 0 radical (unpaired) electrons. The quantitative estimate of drug-likeness (QED) is 0.752. The molecule has 0 heterocycles. The third kappa shape index (κ3) is 1.54. The lowest BCUT2D eigenvalue weighted by Crippen LogP contribution is -1.99. The average Bonchev–Trinajstić information content (AvgIpc) is 2.00. The minimum atomic E-state index is -1.04. The van der Waals surface area contributed by atoms with E-state index < -0.39 is 5.97 Å². The molecule has 3 N–H and O–H groups in total. The number of rotatable bonds is 1. The van der Waals surface area contributed by atoms with E-state index in [2.05, 4.69) is 15.9 Å². The normalized spacial score (nSPS) is 9.83. The molecule has 0 aromatic heterocycles. The molecule has 0 saturated carbocycles. The van der Waals surface area contributed by atoms with Gasteiger partial charge in [-0.2, -0.15) is 0 Å². The van der Waals surface area contributed by atoms with Crippen molar-refractivity contribution in [2.24, 2.45) is 0 Å². The number of anilines is 1. The minimum Gasteiger partial charge on any atom is -0.478 e. The molecule has 0 spiro atoms. The number of aromatic carboxylic acids is 1. The van der Waals surface area contributed by atoms with Crippen LogP contribution in [0.15, 0.2) is 16.6 Å². The maximum atomic E-state index is 10.6. The van der Waals surface area contributed by atoms with Crippen molar-refractivity contribution in [1.82, 2.24) is 0 Å². The summed E-state index contributed by atoms with van der Waals surface area (Å²) in [7, 11) is 0. The Bertz CT molecular complexity index is 340. The molecule has 1 rings (SSSR count). The average molecular weight is 250 g/mol. The molecule has 64 valence electrons. The fourth-order valence-electron chi connectivity index (χ4n) is 0.730. The van der Waals surface area contributed by atoms with Crippen molar-refractivity contribution >= 4 is 39.2 Å². The number of nitrogen functional groups attached to an aromatic ring is 1. The molecule has 0 unspecified atom stereocenters. The molecule has 3 nitrogen and oxygen atoms in total. The van der Waals surface area contributed by atoms with Crippen LogP contribution in [0.3, 0.4) is 0 Å². The molecule has 0 amide bonds. The Balaban J connectivity index is 3.36. The highest BCUT2D eigenvalue weighted by molar-refractivity contribution is 9.10. The number of halogens is 2. The van der Waals surface area contributed by atoms with E-state index in [0.29, 0.717) is 10.2 Å². The van der Waals surface area contributed by atoms with Gasteiger partial charge in [-0.3, -0.25) is 0 Å². The molecule has 0 aliphatic rings. The maximum Gasteiger partial charge on any atom is 0.336 e. The number of carboxylic acid groups (broad SMARTS) is 1. The number of benzene rings is 1. The van der Waals surface area contributed by atoms with Crippen molar-refractivity contribution in [2.45, 2.75) is 0 Å². The SMILES string of the molecule is Nc1ccc(C(=O)O)c(Br)c1Cl. The van der Waals surface area contributed by atoms with Crippen molar-refractivity contribution in [1.29, 1.82) is 0 Å². The lowest BCUT2D eigenvalue weighted by atomic mass is 10.2. The van der Waals surface area contributed by atoms with Gasteiger partial charge in [0, 0.05) is 0 Å². The standard InChI is InChI=1S/C7H5BrClNO2/c8-5-3(7(11)12)1-2-4(10)6(5)9/h1-2H,10H2,(H,11,12). The van der Waals surface area contributed by atoms with Crippen molar-refractivity contribution in [3.05, 3.63) is 27.2 Å². The van der Waals surface area contributed by atoms with Crippen molar-refractivity contribution in [3.8, 4) is 0 Å². The van der Waals surface area contributed by atoms with Crippen LogP contribution in [0.1, 0.15) is 10.4 Å². The Hall–Kier alpha value is -0.740. The van der Waals surface area contributed by atoms with Crippen LogP contribution in [0.2, 0.25) is 5.02 Å². The van der Waals surface area contributed by atoms with Crippen LogP contribution in [0.5, 0.6) is 0 Å². The largest absolute Gasteiger partial charge is 0.478 e. The van der Waals surface area contributed by atoms with Gasteiger partial charge >= 0.3 is 5.97 Å². The van der Waals surface area contributed by atoms with E-state index in [1.165, 1.54) is 12.1 Å². The number of carbonyl (C=O) groups is 1. The fourth-order valence-corrected chi connectivity index (χ4v) is 1.43. The third-order valence-electron chi connectivity index (χ3n) is 1.34. The number of nitrogens with two attached hydrogens (primary N) is 1. The molecule has 0 saturated heterocycles. The van der Waals surface area contributed by atoms with Crippen LogP contribution in [0.25, 0.3) is 0 Å². The molecular formula is C7H5BrClNO2.